The van der Waals surface area contributed by atoms with Gasteiger partial charge in [0.2, 0.25) is 0 Å². The van der Waals surface area contributed by atoms with E-state index in [1.54, 1.807) is 18.2 Å². The lowest BCUT2D eigenvalue weighted by atomic mass is 10.2. The van der Waals surface area contributed by atoms with Crippen LogP contribution >= 0.6 is 0 Å². The molecule has 0 fully saturated rings. The lowest BCUT2D eigenvalue weighted by Gasteiger charge is -2.10. The Morgan fingerprint density at radius 1 is 1.23 bits per heavy atom. The number of ether oxygens (including phenoxy) is 1. The molecule has 0 aliphatic rings. The Hall–Kier alpha value is -2.89. The molecule has 5 nitrogen and oxygen atoms in total. The van der Waals surface area contributed by atoms with Gasteiger partial charge in [-0.25, -0.2) is 9.37 Å². The number of benzene rings is 1. The molecule has 1 amide bonds. The minimum Gasteiger partial charge on any atom is -0.493 e. The van der Waals surface area contributed by atoms with Gasteiger partial charge in [-0.05, 0) is 48.7 Å². The summed E-state index contributed by atoms with van der Waals surface area (Å²) in [6.07, 6.45) is 1.85. The topological polar surface area (TPSA) is 55.6 Å². The molecule has 0 saturated carbocycles. The molecule has 3 aromatic rings. The van der Waals surface area contributed by atoms with E-state index in [1.165, 1.54) is 16.7 Å². The zero-order chi connectivity index (χ0) is 18.7. The molecule has 0 spiro atoms. The second kappa shape index (κ2) is 7.56. The van der Waals surface area contributed by atoms with Gasteiger partial charge in [0, 0.05) is 11.9 Å². The molecule has 0 bridgehead atoms. The third kappa shape index (κ3) is 3.85. The fourth-order valence-electron chi connectivity index (χ4n) is 2.64. The van der Waals surface area contributed by atoms with Crippen molar-refractivity contribution < 1.29 is 13.9 Å². The smallest absolute Gasteiger partial charge is 0.274 e. The van der Waals surface area contributed by atoms with Crippen LogP contribution < -0.4 is 10.1 Å². The summed E-state index contributed by atoms with van der Waals surface area (Å²) < 4.78 is 20.7. The zero-order valence-electron chi connectivity index (χ0n) is 15.1. The highest BCUT2D eigenvalue weighted by Crippen LogP contribution is 2.19. The molecule has 0 radical (unpaired) electrons. The second-order valence-corrected chi connectivity index (χ2v) is 6.52. The number of anilines is 1. The number of halogens is 1. The van der Waals surface area contributed by atoms with Crippen molar-refractivity contribution in [3.05, 3.63) is 59.8 Å². The normalized spacial score (nSPS) is 11.1. The maximum absolute atomic E-state index is 13.6. The van der Waals surface area contributed by atoms with E-state index in [0.717, 1.165) is 5.75 Å². The molecule has 0 saturated heterocycles. The third-order valence-corrected chi connectivity index (χ3v) is 3.90. The van der Waals surface area contributed by atoms with Gasteiger partial charge in [0.25, 0.3) is 5.91 Å². The van der Waals surface area contributed by atoms with Gasteiger partial charge < -0.3 is 10.1 Å². The van der Waals surface area contributed by atoms with Gasteiger partial charge in [-0.2, -0.15) is 0 Å². The number of nitrogens with zero attached hydrogens (tertiary/aromatic N) is 2. The maximum Gasteiger partial charge on any atom is 0.274 e. The molecule has 0 aliphatic heterocycles. The first-order valence-corrected chi connectivity index (χ1v) is 8.68. The van der Waals surface area contributed by atoms with Crippen molar-refractivity contribution in [2.75, 3.05) is 11.9 Å². The Morgan fingerprint density at radius 2 is 1.96 bits per heavy atom. The van der Waals surface area contributed by atoms with Gasteiger partial charge in [0.1, 0.15) is 22.9 Å². The third-order valence-electron chi connectivity index (χ3n) is 3.90. The average molecular weight is 355 g/mol. The summed E-state index contributed by atoms with van der Waals surface area (Å²) in [6, 6.07) is 10.1. The van der Waals surface area contributed by atoms with Crippen molar-refractivity contribution in [2.24, 2.45) is 5.92 Å². The molecule has 2 heterocycles. The molecule has 0 aliphatic carbocycles. The molecular formula is C20H22FN3O2. The van der Waals surface area contributed by atoms with Crippen molar-refractivity contribution in [3.63, 3.8) is 0 Å². The van der Waals surface area contributed by atoms with E-state index in [9.17, 15) is 9.18 Å². The molecular weight excluding hydrogens is 333 g/mol. The summed E-state index contributed by atoms with van der Waals surface area (Å²) in [5.41, 5.74) is 2.17. The van der Waals surface area contributed by atoms with Gasteiger partial charge in [0.15, 0.2) is 0 Å². The highest BCUT2D eigenvalue weighted by atomic mass is 19.1. The number of carbonyl (C=O) groups excluding carboxylic acids is 1. The number of aryl methyl sites for hydroxylation is 1. The number of imidazole rings is 1. The number of amides is 1. The van der Waals surface area contributed by atoms with Crippen LogP contribution in [0.3, 0.4) is 0 Å². The molecule has 3 rings (SSSR count). The van der Waals surface area contributed by atoms with Crippen LogP contribution in [-0.4, -0.2) is 21.9 Å². The van der Waals surface area contributed by atoms with Crippen molar-refractivity contribution >= 4 is 17.2 Å². The standard InChI is InChI=1S/C20H22FN3O2/c1-4-17-19(24-11-14(21)5-10-18(24)23-17)20(25)22-15-6-8-16(9-7-15)26-12-13(2)3/h5-11,13H,4,12H2,1-3H3,(H,22,25). The van der Waals surface area contributed by atoms with Crippen molar-refractivity contribution in [1.82, 2.24) is 9.38 Å². The molecule has 0 unspecified atom stereocenters. The lowest BCUT2D eigenvalue weighted by Crippen LogP contribution is -2.16. The van der Waals surface area contributed by atoms with Gasteiger partial charge in [-0.15, -0.1) is 0 Å². The van der Waals surface area contributed by atoms with Gasteiger partial charge in [-0.1, -0.05) is 20.8 Å². The van der Waals surface area contributed by atoms with Crippen LogP contribution in [0, 0.1) is 11.7 Å². The summed E-state index contributed by atoms with van der Waals surface area (Å²) in [5, 5.41) is 2.84. The van der Waals surface area contributed by atoms with E-state index in [1.807, 2.05) is 19.1 Å². The summed E-state index contributed by atoms with van der Waals surface area (Å²) >= 11 is 0. The molecule has 6 heteroatoms. The van der Waals surface area contributed by atoms with E-state index in [-0.39, 0.29) is 5.91 Å². The molecule has 1 N–H and O–H groups in total. The number of rotatable bonds is 6. The average Bonchev–Trinajstić information content (AvgIpc) is 2.98. The fraction of sp³-hybridized carbons (Fsp3) is 0.300. The Labute approximate surface area is 151 Å². The predicted octanol–water partition coefficient (Wildman–Crippen LogP) is 4.32. The number of fused-ring (bicyclic) bond motifs is 1. The van der Waals surface area contributed by atoms with Crippen molar-refractivity contribution in [3.8, 4) is 5.75 Å². The number of carbonyl (C=O) groups is 1. The highest BCUT2D eigenvalue weighted by Gasteiger charge is 2.18. The van der Waals surface area contributed by atoms with E-state index in [2.05, 4.69) is 24.1 Å². The number of nitrogens with one attached hydrogen (secondary N) is 1. The molecule has 136 valence electrons. The van der Waals surface area contributed by atoms with Crippen molar-refractivity contribution in [1.29, 1.82) is 0 Å². The quantitative estimate of drug-likeness (QED) is 0.716. The number of hydrogen-bond donors (Lipinski definition) is 1. The van der Waals surface area contributed by atoms with Gasteiger partial charge >= 0.3 is 0 Å². The Kier molecular flexibility index (Phi) is 5.21. The first kappa shape index (κ1) is 17.9. The van der Waals surface area contributed by atoms with Crippen LogP contribution in [0.25, 0.3) is 5.65 Å². The minimum absolute atomic E-state index is 0.323. The summed E-state index contributed by atoms with van der Waals surface area (Å²) in [4.78, 5) is 17.2. The minimum atomic E-state index is -0.418. The Balaban J connectivity index is 1.82. The van der Waals surface area contributed by atoms with Crippen LogP contribution in [0.1, 0.15) is 37.0 Å². The van der Waals surface area contributed by atoms with Crippen molar-refractivity contribution in [2.45, 2.75) is 27.2 Å². The first-order valence-electron chi connectivity index (χ1n) is 8.68. The summed E-state index contributed by atoms with van der Waals surface area (Å²) in [5.74, 6) is 0.453. The van der Waals surface area contributed by atoms with Crippen LogP contribution in [0.15, 0.2) is 42.6 Å². The number of hydrogen-bond acceptors (Lipinski definition) is 3. The summed E-state index contributed by atoms with van der Waals surface area (Å²) in [6.45, 7) is 6.71. The van der Waals surface area contributed by atoms with E-state index in [4.69, 9.17) is 4.74 Å². The van der Waals surface area contributed by atoms with Crippen LogP contribution in [-0.2, 0) is 6.42 Å². The molecule has 2 aromatic heterocycles. The van der Waals surface area contributed by atoms with E-state index in [0.29, 0.717) is 41.7 Å². The number of aromatic nitrogens is 2. The zero-order valence-corrected chi connectivity index (χ0v) is 15.1. The molecule has 26 heavy (non-hydrogen) atoms. The van der Waals surface area contributed by atoms with E-state index < -0.39 is 5.82 Å². The van der Waals surface area contributed by atoms with Crippen LogP contribution in [0.2, 0.25) is 0 Å². The molecule has 1 aromatic carbocycles. The van der Waals surface area contributed by atoms with Gasteiger partial charge in [0.05, 0.1) is 12.3 Å². The lowest BCUT2D eigenvalue weighted by molar-refractivity contribution is 0.102. The monoisotopic (exact) mass is 355 g/mol. The van der Waals surface area contributed by atoms with Crippen LogP contribution in [0.5, 0.6) is 5.75 Å². The number of pyridine rings is 1. The Morgan fingerprint density at radius 3 is 2.62 bits per heavy atom. The van der Waals surface area contributed by atoms with Gasteiger partial charge in [-0.3, -0.25) is 9.20 Å². The maximum atomic E-state index is 13.6. The predicted molar refractivity (Wildman–Crippen MR) is 99.3 cm³/mol. The SMILES string of the molecule is CCc1nc2ccc(F)cn2c1C(=O)Nc1ccc(OCC(C)C)cc1. The second-order valence-electron chi connectivity index (χ2n) is 6.52. The summed E-state index contributed by atoms with van der Waals surface area (Å²) in [7, 11) is 0. The largest absolute Gasteiger partial charge is 0.493 e. The van der Waals surface area contributed by atoms with Crippen LogP contribution in [0.4, 0.5) is 10.1 Å². The van der Waals surface area contributed by atoms with E-state index >= 15 is 0 Å². The highest BCUT2D eigenvalue weighted by molar-refractivity contribution is 6.04. The Bertz CT molecular complexity index is 917. The fourth-order valence-corrected chi connectivity index (χ4v) is 2.64. The first-order chi connectivity index (χ1) is 12.5. The molecule has 0 atom stereocenters.